The lowest BCUT2D eigenvalue weighted by Crippen LogP contribution is -2.24. The molecule has 1 unspecified atom stereocenters. The Bertz CT molecular complexity index is 449. The van der Waals surface area contributed by atoms with Gasteiger partial charge < -0.3 is 10.5 Å². The summed E-state index contributed by atoms with van der Waals surface area (Å²) in [7, 11) is 1.64. The van der Waals surface area contributed by atoms with Crippen LogP contribution in [0, 0.1) is 11.3 Å². The van der Waals surface area contributed by atoms with Crippen molar-refractivity contribution in [3.8, 4) is 5.75 Å². The largest absolute Gasteiger partial charge is 0.496 e. The monoisotopic (exact) mass is 291 g/mol. The standard InChI is InChI=1S/C18H29NO2/c1-18(2,3)15(11-12-19)9-10-16(20)13-14-7-5-6-8-17(14)21-4/h5-8,15H,9-13,19H2,1-4H3. The number of methoxy groups -OCH3 is 1. The molecule has 3 heteroatoms. The molecule has 0 aromatic heterocycles. The number of ketones is 1. The van der Waals surface area contributed by atoms with Gasteiger partial charge in [0.1, 0.15) is 11.5 Å². The maximum Gasteiger partial charge on any atom is 0.137 e. The number of ether oxygens (including phenoxy) is 1. The summed E-state index contributed by atoms with van der Waals surface area (Å²) in [5, 5.41) is 0. The van der Waals surface area contributed by atoms with Crippen molar-refractivity contribution in [3.63, 3.8) is 0 Å². The maximum atomic E-state index is 12.2. The first-order chi connectivity index (χ1) is 9.88. The van der Waals surface area contributed by atoms with Crippen LogP contribution in [0.4, 0.5) is 0 Å². The lowest BCUT2D eigenvalue weighted by Gasteiger charge is -2.30. The number of carbonyl (C=O) groups excluding carboxylic acids is 1. The topological polar surface area (TPSA) is 52.3 Å². The molecular formula is C18H29NO2. The second-order valence-corrected chi connectivity index (χ2v) is 6.71. The van der Waals surface area contributed by atoms with E-state index in [0.717, 1.165) is 24.2 Å². The summed E-state index contributed by atoms with van der Waals surface area (Å²) in [6, 6.07) is 7.72. The van der Waals surface area contributed by atoms with Gasteiger partial charge in [-0.05, 0) is 36.8 Å². The lowest BCUT2D eigenvalue weighted by atomic mass is 9.76. The molecule has 0 saturated carbocycles. The van der Waals surface area contributed by atoms with Crippen LogP contribution < -0.4 is 10.5 Å². The van der Waals surface area contributed by atoms with Crippen molar-refractivity contribution in [2.45, 2.75) is 46.5 Å². The quantitative estimate of drug-likeness (QED) is 0.796. The summed E-state index contributed by atoms with van der Waals surface area (Å²) in [5.41, 5.74) is 6.86. The zero-order valence-electron chi connectivity index (χ0n) is 13.8. The van der Waals surface area contributed by atoms with Gasteiger partial charge in [0, 0.05) is 18.4 Å². The van der Waals surface area contributed by atoms with Crippen LogP contribution in [0.5, 0.6) is 5.75 Å². The van der Waals surface area contributed by atoms with Crippen molar-refractivity contribution < 1.29 is 9.53 Å². The van der Waals surface area contributed by atoms with E-state index in [1.807, 2.05) is 24.3 Å². The van der Waals surface area contributed by atoms with Gasteiger partial charge in [-0.1, -0.05) is 39.0 Å². The molecule has 2 N–H and O–H groups in total. The summed E-state index contributed by atoms with van der Waals surface area (Å²) in [4.78, 5) is 12.2. The van der Waals surface area contributed by atoms with E-state index in [0.29, 0.717) is 25.3 Å². The molecule has 1 rings (SSSR count). The fourth-order valence-corrected chi connectivity index (χ4v) is 2.70. The van der Waals surface area contributed by atoms with Crippen molar-refractivity contribution in [2.75, 3.05) is 13.7 Å². The first kappa shape index (κ1) is 17.7. The van der Waals surface area contributed by atoms with Crippen LogP contribution in [0.2, 0.25) is 0 Å². The van der Waals surface area contributed by atoms with E-state index >= 15 is 0 Å². The SMILES string of the molecule is COc1ccccc1CC(=O)CCC(CCN)C(C)(C)C. The Hall–Kier alpha value is -1.35. The smallest absolute Gasteiger partial charge is 0.137 e. The Morgan fingerprint density at radius 3 is 2.48 bits per heavy atom. The van der Waals surface area contributed by atoms with Crippen LogP contribution in [-0.4, -0.2) is 19.4 Å². The average molecular weight is 291 g/mol. The van der Waals surface area contributed by atoms with E-state index < -0.39 is 0 Å². The Morgan fingerprint density at radius 1 is 1.24 bits per heavy atom. The minimum Gasteiger partial charge on any atom is -0.496 e. The number of hydrogen-bond acceptors (Lipinski definition) is 3. The second-order valence-electron chi connectivity index (χ2n) is 6.71. The number of rotatable bonds is 8. The van der Waals surface area contributed by atoms with Gasteiger partial charge in [0.05, 0.1) is 7.11 Å². The van der Waals surface area contributed by atoms with E-state index in [-0.39, 0.29) is 11.2 Å². The number of para-hydroxylation sites is 1. The minimum atomic E-state index is 0.198. The zero-order chi connectivity index (χ0) is 15.9. The van der Waals surface area contributed by atoms with Crippen LogP contribution in [0.1, 0.15) is 45.6 Å². The van der Waals surface area contributed by atoms with Crippen LogP contribution in [0.25, 0.3) is 0 Å². The summed E-state index contributed by atoms with van der Waals surface area (Å²) < 4.78 is 5.30. The molecule has 3 nitrogen and oxygen atoms in total. The predicted octanol–water partition coefficient (Wildman–Crippen LogP) is 3.60. The molecule has 0 fully saturated rings. The van der Waals surface area contributed by atoms with E-state index in [1.165, 1.54) is 0 Å². The fraction of sp³-hybridized carbons (Fsp3) is 0.611. The highest BCUT2D eigenvalue weighted by atomic mass is 16.5. The molecule has 0 amide bonds. The van der Waals surface area contributed by atoms with E-state index in [9.17, 15) is 4.79 Å². The molecule has 1 aromatic carbocycles. The third-order valence-corrected chi connectivity index (χ3v) is 4.09. The highest BCUT2D eigenvalue weighted by Crippen LogP contribution is 2.32. The van der Waals surface area contributed by atoms with Gasteiger partial charge in [0.15, 0.2) is 0 Å². The number of hydrogen-bond donors (Lipinski definition) is 1. The van der Waals surface area contributed by atoms with Crippen LogP contribution in [0.3, 0.4) is 0 Å². The molecule has 0 bridgehead atoms. The van der Waals surface area contributed by atoms with Crippen molar-refractivity contribution in [3.05, 3.63) is 29.8 Å². The number of nitrogens with two attached hydrogens (primary N) is 1. The van der Waals surface area contributed by atoms with Gasteiger partial charge in [0.2, 0.25) is 0 Å². The summed E-state index contributed by atoms with van der Waals surface area (Å²) >= 11 is 0. The number of carbonyl (C=O) groups is 1. The summed E-state index contributed by atoms with van der Waals surface area (Å²) in [6.07, 6.45) is 2.95. The molecule has 0 saturated heterocycles. The first-order valence-electron chi connectivity index (χ1n) is 7.72. The van der Waals surface area contributed by atoms with Crippen LogP contribution in [-0.2, 0) is 11.2 Å². The predicted molar refractivity (Wildman–Crippen MR) is 87.6 cm³/mol. The second kappa shape index (κ2) is 8.18. The lowest BCUT2D eigenvalue weighted by molar-refractivity contribution is -0.118. The summed E-state index contributed by atoms with van der Waals surface area (Å²) in [5.74, 6) is 1.55. The van der Waals surface area contributed by atoms with Gasteiger partial charge in [-0.25, -0.2) is 0 Å². The molecule has 118 valence electrons. The maximum absolute atomic E-state index is 12.2. The van der Waals surface area contributed by atoms with Gasteiger partial charge in [-0.15, -0.1) is 0 Å². The third kappa shape index (κ3) is 5.88. The molecule has 0 heterocycles. The van der Waals surface area contributed by atoms with Crippen molar-refractivity contribution >= 4 is 5.78 Å². The van der Waals surface area contributed by atoms with Crippen molar-refractivity contribution in [1.29, 1.82) is 0 Å². The molecule has 0 aliphatic heterocycles. The molecule has 0 radical (unpaired) electrons. The molecule has 0 aliphatic rings. The molecule has 0 aliphatic carbocycles. The van der Waals surface area contributed by atoms with Gasteiger partial charge >= 0.3 is 0 Å². The van der Waals surface area contributed by atoms with Crippen LogP contribution >= 0.6 is 0 Å². The Balaban J connectivity index is 2.57. The molecule has 21 heavy (non-hydrogen) atoms. The van der Waals surface area contributed by atoms with E-state index in [4.69, 9.17) is 10.5 Å². The highest BCUT2D eigenvalue weighted by molar-refractivity contribution is 5.81. The molecule has 1 aromatic rings. The van der Waals surface area contributed by atoms with Crippen molar-refractivity contribution in [1.82, 2.24) is 0 Å². The molecular weight excluding hydrogens is 262 g/mol. The first-order valence-corrected chi connectivity index (χ1v) is 7.72. The molecule has 0 spiro atoms. The van der Waals surface area contributed by atoms with Gasteiger partial charge in [0.25, 0.3) is 0 Å². The third-order valence-electron chi connectivity index (χ3n) is 4.09. The number of benzene rings is 1. The Labute approximate surface area is 128 Å². The van der Waals surface area contributed by atoms with Gasteiger partial charge in [-0.3, -0.25) is 4.79 Å². The molecule has 1 atom stereocenters. The summed E-state index contributed by atoms with van der Waals surface area (Å²) in [6.45, 7) is 7.34. The Kier molecular flexibility index (Phi) is 6.90. The van der Waals surface area contributed by atoms with Gasteiger partial charge in [-0.2, -0.15) is 0 Å². The Morgan fingerprint density at radius 2 is 1.90 bits per heavy atom. The van der Waals surface area contributed by atoms with Crippen LogP contribution in [0.15, 0.2) is 24.3 Å². The number of Topliss-reactive ketones (excluding diaryl/α,β-unsaturated/α-hetero) is 1. The zero-order valence-corrected chi connectivity index (χ0v) is 13.8. The highest BCUT2D eigenvalue weighted by Gasteiger charge is 2.24. The van der Waals surface area contributed by atoms with E-state index in [2.05, 4.69) is 20.8 Å². The average Bonchev–Trinajstić information content (AvgIpc) is 2.42. The van der Waals surface area contributed by atoms with Crippen molar-refractivity contribution in [2.24, 2.45) is 17.1 Å². The minimum absolute atomic E-state index is 0.198. The van der Waals surface area contributed by atoms with E-state index in [1.54, 1.807) is 7.11 Å². The normalized spacial score (nSPS) is 13.0. The fourth-order valence-electron chi connectivity index (χ4n) is 2.70.